The molecule has 6 heteroatoms. The molecule has 30 heavy (non-hydrogen) atoms. The Morgan fingerprint density at radius 2 is 1.87 bits per heavy atom. The number of anilines is 1. The van der Waals surface area contributed by atoms with E-state index >= 15 is 0 Å². The van der Waals surface area contributed by atoms with E-state index < -0.39 is 0 Å². The minimum absolute atomic E-state index is 0.0871. The smallest absolute Gasteiger partial charge is 0.174 e. The first-order valence-corrected chi connectivity index (χ1v) is 10.7. The van der Waals surface area contributed by atoms with Crippen LogP contribution in [0, 0.1) is 26.6 Å². The number of nitrogens with one attached hydrogen (secondary N) is 1. The number of aryl methyl sites for hydroxylation is 2. The van der Waals surface area contributed by atoms with Crippen LogP contribution in [0.2, 0.25) is 0 Å². The van der Waals surface area contributed by atoms with Gasteiger partial charge in [0.05, 0.1) is 17.8 Å². The van der Waals surface area contributed by atoms with Gasteiger partial charge in [0.25, 0.3) is 0 Å². The Labute approximate surface area is 182 Å². The highest BCUT2D eigenvalue weighted by Gasteiger charge is 2.42. The van der Waals surface area contributed by atoms with E-state index in [0.717, 1.165) is 11.4 Å². The maximum absolute atomic E-state index is 14.0. The standard InChI is InChI=1S/C24H27FN4S/c1-14(2)28-16(4)13-19(17(28)5)23-22(21-8-6-7-11-26-21)27-24(30)29(23)18-9-10-20(25)15(3)12-18/h6-14,22-23H,1-5H3,(H,27,30)/t22-,23+/m0/s1. The van der Waals surface area contributed by atoms with Gasteiger partial charge in [0.2, 0.25) is 0 Å². The van der Waals surface area contributed by atoms with Crippen LogP contribution in [0.3, 0.4) is 0 Å². The molecular weight excluding hydrogens is 395 g/mol. The average molecular weight is 423 g/mol. The van der Waals surface area contributed by atoms with Gasteiger partial charge in [-0.15, -0.1) is 0 Å². The molecule has 0 radical (unpaired) electrons. The normalized spacial score (nSPS) is 18.9. The molecule has 3 heterocycles. The van der Waals surface area contributed by atoms with Crippen LogP contribution >= 0.6 is 12.2 Å². The predicted octanol–water partition coefficient (Wildman–Crippen LogP) is 5.71. The van der Waals surface area contributed by atoms with Crippen molar-refractivity contribution in [2.45, 2.75) is 52.7 Å². The first kappa shape index (κ1) is 20.5. The lowest BCUT2D eigenvalue weighted by molar-refractivity contribution is 0.547. The van der Waals surface area contributed by atoms with E-state index in [-0.39, 0.29) is 17.9 Å². The van der Waals surface area contributed by atoms with Crippen LogP contribution in [0.25, 0.3) is 0 Å². The Morgan fingerprint density at radius 3 is 2.47 bits per heavy atom. The van der Waals surface area contributed by atoms with Gasteiger partial charge in [-0.25, -0.2) is 4.39 Å². The maximum atomic E-state index is 14.0. The number of thiocarbonyl (C=S) groups is 1. The van der Waals surface area contributed by atoms with Gasteiger partial charge in [-0.05, 0) is 94.4 Å². The molecule has 2 aromatic heterocycles. The number of halogens is 1. The first-order valence-electron chi connectivity index (χ1n) is 10.2. The molecule has 156 valence electrons. The summed E-state index contributed by atoms with van der Waals surface area (Å²) in [6, 6.07) is 13.5. The average Bonchev–Trinajstić information content (AvgIpc) is 3.20. The van der Waals surface area contributed by atoms with Crippen LogP contribution in [0.15, 0.2) is 48.7 Å². The molecule has 1 aliphatic rings. The van der Waals surface area contributed by atoms with Crippen LogP contribution in [-0.2, 0) is 0 Å². The summed E-state index contributed by atoms with van der Waals surface area (Å²) in [5.74, 6) is -0.215. The van der Waals surface area contributed by atoms with Crippen LogP contribution in [0.4, 0.5) is 10.1 Å². The number of pyridine rings is 1. The second-order valence-corrected chi connectivity index (χ2v) is 8.61. The number of aromatic nitrogens is 2. The zero-order valence-electron chi connectivity index (χ0n) is 18.0. The molecule has 1 fully saturated rings. The Hall–Kier alpha value is -2.73. The molecule has 1 saturated heterocycles. The molecule has 0 aliphatic carbocycles. The molecule has 0 unspecified atom stereocenters. The molecule has 2 atom stereocenters. The van der Waals surface area contributed by atoms with Crippen molar-refractivity contribution in [3.05, 3.63) is 82.7 Å². The van der Waals surface area contributed by atoms with E-state index in [0.29, 0.717) is 16.7 Å². The fourth-order valence-corrected chi connectivity index (χ4v) is 4.97. The molecule has 1 N–H and O–H groups in total. The lowest BCUT2D eigenvalue weighted by atomic mass is 9.96. The Balaban J connectivity index is 1.90. The predicted molar refractivity (Wildman–Crippen MR) is 123 cm³/mol. The van der Waals surface area contributed by atoms with Gasteiger partial charge >= 0.3 is 0 Å². The lowest BCUT2D eigenvalue weighted by Gasteiger charge is -2.28. The molecule has 4 nitrogen and oxygen atoms in total. The van der Waals surface area contributed by atoms with Gasteiger partial charge in [-0.3, -0.25) is 4.98 Å². The van der Waals surface area contributed by atoms with E-state index in [9.17, 15) is 4.39 Å². The SMILES string of the molecule is Cc1cc(N2C(=S)N[C@@H](c3ccccn3)[C@H]2c2cc(C)n(C(C)C)c2C)ccc1F. The third-order valence-electron chi connectivity index (χ3n) is 5.88. The summed E-state index contributed by atoms with van der Waals surface area (Å²) in [6.45, 7) is 10.5. The third-order valence-corrected chi connectivity index (χ3v) is 6.19. The summed E-state index contributed by atoms with van der Waals surface area (Å²) in [5.41, 5.74) is 6.04. The second-order valence-electron chi connectivity index (χ2n) is 8.22. The van der Waals surface area contributed by atoms with Crippen molar-refractivity contribution in [1.29, 1.82) is 0 Å². The summed E-state index contributed by atoms with van der Waals surface area (Å²) in [7, 11) is 0. The van der Waals surface area contributed by atoms with Gasteiger partial charge in [-0.2, -0.15) is 0 Å². The van der Waals surface area contributed by atoms with Crippen molar-refractivity contribution in [2.75, 3.05) is 4.90 Å². The van der Waals surface area contributed by atoms with Crippen molar-refractivity contribution < 1.29 is 4.39 Å². The topological polar surface area (TPSA) is 33.1 Å². The maximum Gasteiger partial charge on any atom is 0.174 e. The first-order chi connectivity index (χ1) is 14.3. The van der Waals surface area contributed by atoms with Gasteiger partial charge in [0.1, 0.15) is 5.82 Å². The zero-order valence-corrected chi connectivity index (χ0v) is 18.8. The van der Waals surface area contributed by atoms with Gasteiger partial charge in [-0.1, -0.05) is 6.07 Å². The number of hydrogen-bond donors (Lipinski definition) is 1. The minimum Gasteiger partial charge on any atom is -0.351 e. The lowest BCUT2D eigenvalue weighted by Crippen LogP contribution is -2.29. The quantitative estimate of drug-likeness (QED) is 0.546. The third kappa shape index (κ3) is 3.39. The molecule has 1 aromatic carbocycles. The highest BCUT2D eigenvalue weighted by atomic mass is 32.1. The molecule has 3 aromatic rings. The highest BCUT2D eigenvalue weighted by Crippen LogP contribution is 2.43. The molecule has 1 aliphatic heterocycles. The van der Waals surface area contributed by atoms with E-state index in [1.54, 1.807) is 19.2 Å². The number of hydrogen-bond acceptors (Lipinski definition) is 2. The summed E-state index contributed by atoms with van der Waals surface area (Å²) in [6.07, 6.45) is 1.80. The molecule has 0 amide bonds. The fourth-order valence-electron chi connectivity index (χ4n) is 4.62. The number of rotatable bonds is 4. The van der Waals surface area contributed by atoms with E-state index in [1.807, 2.05) is 24.3 Å². The Bertz CT molecular complexity index is 1090. The van der Waals surface area contributed by atoms with Crippen molar-refractivity contribution in [3.63, 3.8) is 0 Å². The Kier molecular flexibility index (Phi) is 5.36. The van der Waals surface area contributed by atoms with E-state index in [2.05, 4.69) is 53.5 Å². The summed E-state index contributed by atoms with van der Waals surface area (Å²) < 4.78 is 16.3. The molecule has 0 spiro atoms. The van der Waals surface area contributed by atoms with Gasteiger partial charge < -0.3 is 14.8 Å². The van der Waals surface area contributed by atoms with Crippen molar-refractivity contribution in [1.82, 2.24) is 14.9 Å². The van der Waals surface area contributed by atoms with Crippen LogP contribution in [0.1, 0.15) is 60.2 Å². The van der Waals surface area contributed by atoms with E-state index in [1.165, 1.54) is 23.0 Å². The zero-order chi connectivity index (χ0) is 21.6. The molecule has 0 saturated carbocycles. The number of benzene rings is 1. The van der Waals surface area contributed by atoms with Gasteiger partial charge in [0, 0.05) is 29.3 Å². The minimum atomic E-state index is -0.215. The molecular formula is C24H27FN4S. The van der Waals surface area contributed by atoms with Crippen LogP contribution < -0.4 is 10.2 Å². The van der Waals surface area contributed by atoms with Crippen molar-refractivity contribution in [2.24, 2.45) is 0 Å². The molecule has 4 rings (SSSR count). The highest BCUT2D eigenvalue weighted by molar-refractivity contribution is 7.80. The second kappa shape index (κ2) is 7.84. The van der Waals surface area contributed by atoms with Crippen LogP contribution in [-0.4, -0.2) is 14.7 Å². The van der Waals surface area contributed by atoms with Crippen molar-refractivity contribution >= 4 is 23.0 Å². The van der Waals surface area contributed by atoms with Crippen LogP contribution in [0.5, 0.6) is 0 Å². The summed E-state index contributed by atoms with van der Waals surface area (Å²) in [5, 5.41) is 4.10. The largest absolute Gasteiger partial charge is 0.351 e. The monoisotopic (exact) mass is 422 g/mol. The van der Waals surface area contributed by atoms with Gasteiger partial charge in [0.15, 0.2) is 5.11 Å². The Morgan fingerprint density at radius 1 is 1.10 bits per heavy atom. The number of nitrogens with zero attached hydrogens (tertiary/aromatic N) is 3. The summed E-state index contributed by atoms with van der Waals surface area (Å²) >= 11 is 5.77. The summed E-state index contributed by atoms with van der Waals surface area (Å²) in [4.78, 5) is 6.71. The van der Waals surface area contributed by atoms with E-state index in [4.69, 9.17) is 12.2 Å². The molecule has 0 bridgehead atoms. The fraction of sp³-hybridized carbons (Fsp3) is 0.333. The van der Waals surface area contributed by atoms with Crippen molar-refractivity contribution in [3.8, 4) is 0 Å².